The summed E-state index contributed by atoms with van der Waals surface area (Å²) in [5.41, 5.74) is 0.395. The van der Waals surface area contributed by atoms with Crippen LogP contribution in [0, 0.1) is 0 Å². The normalized spacial score (nSPS) is 20.1. The first-order chi connectivity index (χ1) is 12.3. The number of aliphatic hydroxyl groups is 2. The highest BCUT2D eigenvalue weighted by Gasteiger charge is 2.34. The van der Waals surface area contributed by atoms with E-state index in [1.165, 1.54) is 14.2 Å². The number of methoxy groups -OCH3 is 2. The number of benzene rings is 1. The number of hydrogen-bond acceptors (Lipinski definition) is 8. The molecule has 146 valence electrons. The van der Waals surface area contributed by atoms with E-state index in [4.69, 9.17) is 14.6 Å². The van der Waals surface area contributed by atoms with Crippen molar-refractivity contribution in [3.05, 3.63) is 23.8 Å². The first-order valence-electron chi connectivity index (χ1n) is 8.28. The van der Waals surface area contributed by atoms with Gasteiger partial charge in [-0.15, -0.1) is 0 Å². The quantitative estimate of drug-likeness (QED) is 0.557. The van der Waals surface area contributed by atoms with Crippen molar-refractivity contribution in [1.29, 1.82) is 0 Å². The number of rotatable bonds is 9. The summed E-state index contributed by atoms with van der Waals surface area (Å²) in [5.74, 6) is 0.695. The fourth-order valence-corrected chi connectivity index (χ4v) is 4.78. The van der Waals surface area contributed by atoms with Crippen LogP contribution in [0.15, 0.2) is 18.2 Å². The molecule has 1 saturated heterocycles. The molecule has 26 heavy (non-hydrogen) atoms. The summed E-state index contributed by atoms with van der Waals surface area (Å²) in [6, 6.07) is 4.44. The molecule has 0 aliphatic carbocycles. The van der Waals surface area contributed by atoms with Crippen LogP contribution in [-0.2, 0) is 9.84 Å². The van der Waals surface area contributed by atoms with Crippen molar-refractivity contribution in [1.82, 2.24) is 4.90 Å². The summed E-state index contributed by atoms with van der Waals surface area (Å²) in [7, 11) is -0.167. The molecule has 1 aliphatic rings. The number of ether oxygens (including phenoxy) is 2. The van der Waals surface area contributed by atoms with Gasteiger partial charge in [0.15, 0.2) is 27.1 Å². The number of sulfone groups is 1. The molecule has 1 aliphatic heterocycles. The summed E-state index contributed by atoms with van der Waals surface area (Å²) in [6.45, 7) is -0.497. The average Bonchev–Trinajstić information content (AvgIpc) is 2.99. The molecule has 1 aromatic carbocycles. The molecule has 9 heteroatoms. The molecule has 0 radical (unpaired) electrons. The maximum atomic E-state index is 12.7. The second-order valence-corrected chi connectivity index (χ2v) is 8.54. The van der Waals surface area contributed by atoms with Gasteiger partial charge in [0.25, 0.3) is 0 Å². The Hall–Kier alpha value is -1.68. The van der Waals surface area contributed by atoms with Crippen LogP contribution < -0.4 is 9.47 Å². The molecular formula is C17H25NO7S. The molecular weight excluding hydrogens is 362 g/mol. The molecule has 0 unspecified atom stereocenters. The SMILES string of the molecule is COc1ccc(C(=O)CN(C[C@@H](O)CO)[C@H]2CCS(=O)(=O)C2)cc1OC. The highest BCUT2D eigenvalue weighted by Crippen LogP contribution is 2.28. The number of hydrogen-bond donors (Lipinski definition) is 2. The van der Waals surface area contributed by atoms with E-state index in [1.54, 1.807) is 23.1 Å². The first kappa shape index (κ1) is 20.6. The van der Waals surface area contributed by atoms with Gasteiger partial charge >= 0.3 is 0 Å². The van der Waals surface area contributed by atoms with Crippen molar-refractivity contribution in [2.75, 3.05) is 45.4 Å². The fourth-order valence-electron chi connectivity index (χ4n) is 3.02. The minimum Gasteiger partial charge on any atom is -0.493 e. The van der Waals surface area contributed by atoms with Crippen LogP contribution in [-0.4, -0.2) is 86.9 Å². The number of Topliss-reactive ketones (excluding diaryl/α,β-unsaturated/α-hetero) is 1. The Morgan fingerprint density at radius 3 is 2.54 bits per heavy atom. The highest BCUT2D eigenvalue weighted by molar-refractivity contribution is 7.91. The van der Waals surface area contributed by atoms with Crippen molar-refractivity contribution < 1.29 is 32.9 Å². The van der Waals surface area contributed by atoms with Gasteiger partial charge in [-0.05, 0) is 24.6 Å². The third-order valence-corrected chi connectivity index (χ3v) is 6.18. The molecule has 2 N–H and O–H groups in total. The molecule has 1 fully saturated rings. The molecule has 0 amide bonds. The van der Waals surface area contributed by atoms with Gasteiger partial charge in [-0.2, -0.15) is 0 Å². The monoisotopic (exact) mass is 387 g/mol. The Balaban J connectivity index is 2.17. The van der Waals surface area contributed by atoms with Crippen LogP contribution in [0.2, 0.25) is 0 Å². The lowest BCUT2D eigenvalue weighted by Gasteiger charge is -2.29. The van der Waals surface area contributed by atoms with E-state index < -0.39 is 22.5 Å². The van der Waals surface area contributed by atoms with Crippen LogP contribution in [0.3, 0.4) is 0 Å². The summed E-state index contributed by atoms with van der Waals surface area (Å²) in [6.07, 6.45) is -0.642. The van der Waals surface area contributed by atoms with Crippen LogP contribution in [0.1, 0.15) is 16.8 Å². The predicted octanol–water partition coefficient (Wildman–Crippen LogP) is -0.271. The maximum absolute atomic E-state index is 12.7. The molecule has 8 nitrogen and oxygen atoms in total. The standard InChI is InChI=1S/C17H25NO7S/c1-24-16-4-3-12(7-17(16)25-2)15(21)9-18(8-14(20)10-19)13-5-6-26(22,23)11-13/h3-4,7,13-14,19-20H,5-6,8-11H2,1-2H3/t13-,14+/m0/s1. The van der Waals surface area contributed by atoms with Crippen LogP contribution in [0.25, 0.3) is 0 Å². The Bertz CT molecular complexity index is 735. The molecule has 1 aromatic rings. The van der Waals surface area contributed by atoms with Gasteiger partial charge in [-0.25, -0.2) is 8.42 Å². The summed E-state index contributed by atoms with van der Waals surface area (Å²) in [4.78, 5) is 14.3. The topological polar surface area (TPSA) is 113 Å². The Morgan fingerprint density at radius 2 is 2.00 bits per heavy atom. The van der Waals surface area contributed by atoms with E-state index in [1.807, 2.05) is 0 Å². The summed E-state index contributed by atoms with van der Waals surface area (Å²) in [5, 5.41) is 18.9. The highest BCUT2D eigenvalue weighted by atomic mass is 32.2. The van der Waals surface area contributed by atoms with Crippen molar-refractivity contribution in [2.45, 2.75) is 18.6 Å². The van der Waals surface area contributed by atoms with Crippen LogP contribution in [0.5, 0.6) is 11.5 Å². The molecule has 1 heterocycles. The van der Waals surface area contributed by atoms with Gasteiger partial charge in [-0.1, -0.05) is 0 Å². The lowest BCUT2D eigenvalue weighted by Crippen LogP contribution is -2.45. The Kier molecular flexibility index (Phi) is 6.99. The van der Waals surface area contributed by atoms with Crippen molar-refractivity contribution in [2.24, 2.45) is 0 Å². The fraction of sp³-hybridized carbons (Fsp3) is 0.588. The minimum atomic E-state index is -3.14. The van der Waals surface area contributed by atoms with Crippen molar-refractivity contribution in [3.8, 4) is 11.5 Å². The number of nitrogens with zero attached hydrogens (tertiary/aromatic N) is 1. The van der Waals surface area contributed by atoms with E-state index in [0.717, 1.165) is 0 Å². The van der Waals surface area contributed by atoms with Gasteiger partial charge in [0, 0.05) is 18.2 Å². The number of carbonyl (C=O) groups is 1. The summed E-state index contributed by atoms with van der Waals surface area (Å²) >= 11 is 0. The first-order valence-corrected chi connectivity index (χ1v) is 10.1. The van der Waals surface area contributed by atoms with Crippen LogP contribution in [0.4, 0.5) is 0 Å². The Labute approximate surface area is 153 Å². The number of aliphatic hydroxyl groups excluding tert-OH is 2. The van der Waals surface area contributed by atoms with E-state index in [-0.39, 0.29) is 36.4 Å². The van der Waals surface area contributed by atoms with Gasteiger partial charge in [-0.3, -0.25) is 9.69 Å². The predicted molar refractivity (Wildman–Crippen MR) is 95.6 cm³/mol. The van der Waals surface area contributed by atoms with E-state index in [9.17, 15) is 18.3 Å². The molecule has 0 bridgehead atoms. The lowest BCUT2D eigenvalue weighted by molar-refractivity contribution is 0.0459. The third kappa shape index (κ3) is 5.16. The molecule has 2 rings (SSSR count). The minimum absolute atomic E-state index is 0.0235. The second-order valence-electron chi connectivity index (χ2n) is 6.32. The third-order valence-electron chi connectivity index (χ3n) is 4.43. The largest absolute Gasteiger partial charge is 0.493 e. The smallest absolute Gasteiger partial charge is 0.176 e. The maximum Gasteiger partial charge on any atom is 0.176 e. The zero-order chi connectivity index (χ0) is 19.3. The number of carbonyl (C=O) groups excluding carboxylic acids is 1. The second kappa shape index (κ2) is 8.81. The van der Waals surface area contributed by atoms with E-state index in [2.05, 4.69) is 0 Å². The lowest BCUT2D eigenvalue weighted by atomic mass is 10.1. The molecule has 0 aromatic heterocycles. The van der Waals surface area contributed by atoms with E-state index >= 15 is 0 Å². The van der Waals surface area contributed by atoms with Crippen molar-refractivity contribution in [3.63, 3.8) is 0 Å². The average molecular weight is 387 g/mol. The Morgan fingerprint density at radius 1 is 1.31 bits per heavy atom. The van der Waals surface area contributed by atoms with Gasteiger partial charge in [0.1, 0.15) is 0 Å². The van der Waals surface area contributed by atoms with Gasteiger partial charge in [0.05, 0.1) is 45.0 Å². The van der Waals surface area contributed by atoms with Gasteiger partial charge < -0.3 is 19.7 Å². The van der Waals surface area contributed by atoms with Crippen molar-refractivity contribution >= 4 is 15.6 Å². The van der Waals surface area contributed by atoms with Gasteiger partial charge in [0.2, 0.25) is 0 Å². The zero-order valence-corrected chi connectivity index (χ0v) is 15.7. The van der Waals surface area contributed by atoms with Crippen LogP contribution >= 0.6 is 0 Å². The zero-order valence-electron chi connectivity index (χ0n) is 14.9. The molecule has 0 spiro atoms. The summed E-state index contributed by atoms with van der Waals surface area (Å²) < 4.78 is 33.9. The van der Waals surface area contributed by atoms with E-state index in [0.29, 0.717) is 23.5 Å². The molecule has 0 saturated carbocycles. The molecule has 2 atom stereocenters. The number of ketones is 1.